The van der Waals surface area contributed by atoms with E-state index in [1.165, 1.54) is 17.0 Å². The van der Waals surface area contributed by atoms with Gasteiger partial charge in [0, 0.05) is 39.1 Å². The topological polar surface area (TPSA) is 81.2 Å². The quantitative estimate of drug-likeness (QED) is 0.834. The molecule has 0 saturated carbocycles. The Morgan fingerprint density at radius 2 is 1.71 bits per heavy atom. The molecule has 2 aliphatic heterocycles. The predicted octanol–water partition coefficient (Wildman–Crippen LogP) is 2.17. The van der Waals surface area contributed by atoms with E-state index in [9.17, 15) is 18.8 Å². The summed E-state index contributed by atoms with van der Waals surface area (Å²) in [7, 11) is 0. The minimum absolute atomic E-state index is 0.0181. The molecule has 3 rings (SSSR count). The van der Waals surface area contributed by atoms with Gasteiger partial charge in [-0.15, -0.1) is 0 Å². The van der Waals surface area contributed by atoms with Gasteiger partial charge in [0.05, 0.1) is 6.54 Å². The number of amides is 3. The highest BCUT2D eigenvalue weighted by Crippen LogP contribution is 2.22. The van der Waals surface area contributed by atoms with Gasteiger partial charge in [-0.1, -0.05) is 12.1 Å². The van der Waals surface area contributed by atoms with Crippen molar-refractivity contribution in [3.8, 4) is 0 Å². The summed E-state index contributed by atoms with van der Waals surface area (Å²) in [5.74, 6) is -0.0664. The van der Waals surface area contributed by atoms with Crippen molar-refractivity contribution in [3.63, 3.8) is 0 Å². The summed E-state index contributed by atoms with van der Waals surface area (Å²) in [5, 5.41) is 8.98. The summed E-state index contributed by atoms with van der Waals surface area (Å²) >= 11 is 0. The van der Waals surface area contributed by atoms with Crippen molar-refractivity contribution < 1.29 is 23.9 Å². The summed E-state index contributed by atoms with van der Waals surface area (Å²) in [6.07, 6.45) is 1.80. The molecule has 0 aliphatic carbocycles. The second kappa shape index (κ2) is 9.03. The Bertz CT molecular complexity index is 717. The highest BCUT2D eigenvalue weighted by atomic mass is 19.1. The highest BCUT2D eigenvalue weighted by molar-refractivity contribution is 5.86. The van der Waals surface area contributed by atoms with Crippen LogP contribution in [0, 0.1) is 11.7 Å². The Balaban J connectivity index is 1.41. The first-order valence-electron chi connectivity index (χ1n) is 9.70. The van der Waals surface area contributed by atoms with E-state index >= 15 is 0 Å². The van der Waals surface area contributed by atoms with Crippen molar-refractivity contribution in [2.45, 2.75) is 32.2 Å². The number of carboxylic acid groups (broad SMARTS) is 1. The van der Waals surface area contributed by atoms with E-state index in [2.05, 4.69) is 0 Å². The Morgan fingerprint density at radius 3 is 2.32 bits per heavy atom. The normalized spacial score (nSPS) is 18.5. The van der Waals surface area contributed by atoms with Crippen molar-refractivity contribution in [1.82, 2.24) is 14.7 Å². The van der Waals surface area contributed by atoms with Crippen molar-refractivity contribution in [1.29, 1.82) is 0 Å². The van der Waals surface area contributed by atoms with Crippen LogP contribution in [0.2, 0.25) is 0 Å². The van der Waals surface area contributed by atoms with Gasteiger partial charge < -0.3 is 19.8 Å². The maximum absolute atomic E-state index is 13.0. The Hall–Kier alpha value is -2.64. The zero-order chi connectivity index (χ0) is 20.1. The zero-order valence-electron chi connectivity index (χ0n) is 15.8. The van der Waals surface area contributed by atoms with Crippen LogP contribution in [-0.2, 0) is 16.1 Å². The van der Waals surface area contributed by atoms with Gasteiger partial charge in [0.15, 0.2) is 0 Å². The fraction of sp³-hybridized carbons (Fsp3) is 0.550. The van der Waals surface area contributed by atoms with Crippen LogP contribution in [0.15, 0.2) is 24.3 Å². The molecule has 0 aromatic heterocycles. The molecule has 0 atom stereocenters. The molecule has 1 aromatic carbocycles. The van der Waals surface area contributed by atoms with Crippen LogP contribution in [0.4, 0.5) is 9.18 Å². The molecule has 152 valence electrons. The smallest absolute Gasteiger partial charge is 0.407 e. The van der Waals surface area contributed by atoms with Crippen LogP contribution in [0.1, 0.15) is 31.2 Å². The predicted molar refractivity (Wildman–Crippen MR) is 100.0 cm³/mol. The molecule has 2 saturated heterocycles. The number of benzene rings is 1. The fourth-order valence-corrected chi connectivity index (χ4v) is 3.80. The number of hydrogen-bond donors (Lipinski definition) is 1. The molecular weight excluding hydrogens is 365 g/mol. The van der Waals surface area contributed by atoms with E-state index in [0.29, 0.717) is 45.1 Å². The van der Waals surface area contributed by atoms with Crippen LogP contribution in [0.5, 0.6) is 0 Å². The zero-order valence-corrected chi connectivity index (χ0v) is 15.8. The van der Waals surface area contributed by atoms with E-state index in [4.69, 9.17) is 5.11 Å². The molecule has 0 bridgehead atoms. The highest BCUT2D eigenvalue weighted by Gasteiger charge is 2.28. The van der Waals surface area contributed by atoms with Gasteiger partial charge in [-0.05, 0) is 42.9 Å². The number of likely N-dealkylation sites (tertiary alicyclic amines) is 1. The van der Waals surface area contributed by atoms with E-state index in [0.717, 1.165) is 24.8 Å². The monoisotopic (exact) mass is 391 g/mol. The molecule has 1 N–H and O–H groups in total. The number of hydrogen-bond acceptors (Lipinski definition) is 3. The van der Waals surface area contributed by atoms with Crippen molar-refractivity contribution >= 4 is 17.9 Å². The maximum atomic E-state index is 13.0. The second-order valence-electron chi connectivity index (χ2n) is 7.51. The first-order valence-corrected chi connectivity index (χ1v) is 9.70. The molecule has 7 nitrogen and oxygen atoms in total. The molecule has 2 heterocycles. The lowest BCUT2D eigenvalue weighted by Gasteiger charge is -2.35. The first-order chi connectivity index (χ1) is 13.4. The van der Waals surface area contributed by atoms with Gasteiger partial charge in [-0.2, -0.15) is 0 Å². The summed E-state index contributed by atoms with van der Waals surface area (Å²) in [6.45, 7) is 2.52. The van der Waals surface area contributed by atoms with Gasteiger partial charge in [0.1, 0.15) is 5.82 Å². The minimum atomic E-state index is -0.883. The average molecular weight is 391 g/mol. The maximum Gasteiger partial charge on any atom is 0.407 e. The Kier molecular flexibility index (Phi) is 6.49. The van der Waals surface area contributed by atoms with Gasteiger partial charge in [-0.25, -0.2) is 9.18 Å². The Morgan fingerprint density at radius 1 is 1.04 bits per heavy atom. The second-order valence-corrected chi connectivity index (χ2v) is 7.51. The number of halogens is 1. The molecule has 2 aliphatic rings. The van der Waals surface area contributed by atoms with Gasteiger partial charge in [-0.3, -0.25) is 9.59 Å². The third-order valence-corrected chi connectivity index (χ3v) is 5.61. The SMILES string of the molecule is O=C(O)N1CCC(CCC(=O)N2CCN(Cc3ccc(F)cc3)C(=O)C2)CC1. The first kappa shape index (κ1) is 20.1. The number of carbonyl (C=O) groups is 3. The molecule has 0 spiro atoms. The van der Waals surface area contributed by atoms with Crippen molar-refractivity contribution in [2.24, 2.45) is 5.92 Å². The number of rotatable bonds is 5. The fourth-order valence-electron chi connectivity index (χ4n) is 3.80. The lowest BCUT2D eigenvalue weighted by molar-refractivity contribution is -0.145. The van der Waals surface area contributed by atoms with Crippen molar-refractivity contribution in [3.05, 3.63) is 35.6 Å². The van der Waals surface area contributed by atoms with E-state index in [-0.39, 0.29) is 24.2 Å². The summed E-state index contributed by atoms with van der Waals surface area (Å²) in [4.78, 5) is 40.5. The van der Waals surface area contributed by atoms with Gasteiger partial charge in [0.2, 0.25) is 11.8 Å². The lowest BCUT2D eigenvalue weighted by atomic mass is 9.92. The molecule has 0 radical (unpaired) electrons. The largest absolute Gasteiger partial charge is 0.465 e. The Labute approximate surface area is 163 Å². The molecule has 8 heteroatoms. The number of piperidine rings is 1. The van der Waals surface area contributed by atoms with Crippen LogP contribution in [-0.4, -0.2) is 70.4 Å². The molecule has 2 fully saturated rings. The van der Waals surface area contributed by atoms with E-state index in [1.807, 2.05) is 0 Å². The number of piperazine rings is 1. The molecule has 0 unspecified atom stereocenters. The lowest BCUT2D eigenvalue weighted by Crippen LogP contribution is -2.51. The minimum Gasteiger partial charge on any atom is -0.465 e. The van der Waals surface area contributed by atoms with Crippen LogP contribution in [0.25, 0.3) is 0 Å². The van der Waals surface area contributed by atoms with Gasteiger partial charge in [0.25, 0.3) is 0 Å². The van der Waals surface area contributed by atoms with E-state index in [1.54, 1.807) is 21.9 Å². The molecular formula is C20H26FN3O4. The molecule has 28 heavy (non-hydrogen) atoms. The molecule has 3 amide bonds. The summed E-state index contributed by atoms with van der Waals surface area (Å²) in [6, 6.07) is 6.08. The summed E-state index contributed by atoms with van der Waals surface area (Å²) in [5.41, 5.74) is 0.863. The average Bonchev–Trinajstić information content (AvgIpc) is 2.69. The molecule has 1 aromatic rings. The third-order valence-electron chi connectivity index (χ3n) is 5.61. The number of nitrogens with zero attached hydrogens (tertiary/aromatic N) is 3. The van der Waals surface area contributed by atoms with Crippen LogP contribution < -0.4 is 0 Å². The third kappa shape index (κ3) is 5.21. The standard InChI is InChI=1S/C20H26FN3O4/c21-17-4-1-16(2-5-17)13-23-11-12-24(14-19(23)26)18(25)6-3-15-7-9-22(10-8-15)20(27)28/h1-2,4-5,15H,3,6-14H2,(H,27,28). The van der Waals surface area contributed by atoms with Crippen LogP contribution >= 0.6 is 0 Å². The van der Waals surface area contributed by atoms with Crippen molar-refractivity contribution in [2.75, 3.05) is 32.7 Å². The van der Waals surface area contributed by atoms with Gasteiger partial charge >= 0.3 is 6.09 Å². The summed E-state index contributed by atoms with van der Waals surface area (Å²) < 4.78 is 13.0. The number of carbonyl (C=O) groups excluding carboxylic acids is 2. The van der Waals surface area contributed by atoms with E-state index < -0.39 is 6.09 Å². The van der Waals surface area contributed by atoms with Crippen LogP contribution in [0.3, 0.4) is 0 Å².